The van der Waals surface area contributed by atoms with Crippen LogP contribution < -0.4 is 10.6 Å². The largest absolute Gasteiger partial charge is 0.373 e. The Kier molecular flexibility index (Phi) is 4.12. The molecule has 3 rings (SSSR count). The van der Waals surface area contributed by atoms with Crippen molar-refractivity contribution in [3.63, 3.8) is 0 Å². The zero-order chi connectivity index (χ0) is 13.9. The fourth-order valence-corrected chi connectivity index (χ4v) is 3.90. The first-order valence-electron chi connectivity index (χ1n) is 6.74. The molecule has 0 fully saturated rings. The Morgan fingerprint density at radius 1 is 1.35 bits per heavy atom. The number of hydrogen-bond acceptors (Lipinski definition) is 6. The summed E-state index contributed by atoms with van der Waals surface area (Å²) in [5.74, 6) is 1.76. The highest BCUT2D eigenvalue weighted by Gasteiger charge is 2.21. The van der Waals surface area contributed by atoms with Gasteiger partial charge < -0.3 is 10.6 Å². The summed E-state index contributed by atoms with van der Waals surface area (Å²) >= 11 is 3.43. The Labute approximate surface area is 127 Å². The van der Waals surface area contributed by atoms with Gasteiger partial charge in [-0.05, 0) is 42.5 Å². The van der Waals surface area contributed by atoms with E-state index < -0.39 is 0 Å². The second-order valence-electron chi connectivity index (χ2n) is 4.76. The van der Waals surface area contributed by atoms with E-state index in [0.717, 1.165) is 23.2 Å². The number of nitrogens with zero attached hydrogens (tertiary/aromatic N) is 2. The van der Waals surface area contributed by atoms with Crippen molar-refractivity contribution < 1.29 is 0 Å². The summed E-state index contributed by atoms with van der Waals surface area (Å²) in [7, 11) is 1.88. The molecule has 0 saturated heterocycles. The maximum Gasteiger partial charge on any atom is 0.191 e. The predicted octanol–water partition coefficient (Wildman–Crippen LogP) is 3.79. The highest BCUT2D eigenvalue weighted by atomic mass is 32.2. The van der Waals surface area contributed by atoms with Gasteiger partial charge in [-0.25, -0.2) is 9.97 Å². The van der Waals surface area contributed by atoms with E-state index >= 15 is 0 Å². The molecule has 0 radical (unpaired) electrons. The van der Waals surface area contributed by atoms with Crippen molar-refractivity contribution in [2.75, 3.05) is 23.9 Å². The van der Waals surface area contributed by atoms with Crippen LogP contribution >= 0.6 is 23.1 Å². The average Bonchev–Trinajstić information content (AvgIpc) is 2.96. The van der Waals surface area contributed by atoms with Crippen LogP contribution in [0.3, 0.4) is 0 Å². The molecule has 2 heterocycles. The fourth-order valence-electron chi connectivity index (χ4n) is 2.53. The molecule has 20 heavy (non-hydrogen) atoms. The summed E-state index contributed by atoms with van der Waals surface area (Å²) in [5.41, 5.74) is 1.44. The fraction of sp³-hybridized carbons (Fsp3) is 0.429. The molecule has 0 aliphatic heterocycles. The Hall–Kier alpha value is -1.27. The van der Waals surface area contributed by atoms with Gasteiger partial charge in [0.1, 0.15) is 11.6 Å². The molecule has 1 aliphatic carbocycles. The molecule has 0 aromatic carbocycles. The van der Waals surface area contributed by atoms with Gasteiger partial charge >= 0.3 is 0 Å². The van der Waals surface area contributed by atoms with E-state index in [2.05, 4.69) is 32.0 Å². The first-order valence-corrected chi connectivity index (χ1v) is 8.84. The lowest BCUT2D eigenvalue weighted by atomic mass is 9.94. The van der Waals surface area contributed by atoms with E-state index in [4.69, 9.17) is 0 Å². The molecule has 0 amide bonds. The van der Waals surface area contributed by atoms with Crippen LogP contribution in [-0.4, -0.2) is 23.3 Å². The third-order valence-electron chi connectivity index (χ3n) is 3.52. The lowest BCUT2D eigenvalue weighted by molar-refractivity contribution is 0.606. The molecule has 4 nitrogen and oxygen atoms in total. The van der Waals surface area contributed by atoms with Gasteiger partial charge in [0, 0.05) is 18.0 Å². The first-order chi connectivity index (χ1) is 9.80. The molecular formula is C14H18N4S2. The van der Waals surface area contributed by atoms with Crippen molar-refractivity contribution in [2.24, 2.45) is 0 Å². The third-order valence-corrected chi connectivity index (χ3v) is 5.06. The number of aryl methyl sites for hydroxylation is 1. The highest BCUT2D eigenvalue weighted by molar-refractivity contribution is 7.98. The molecule has 6 heteroatoms. The van der Waals surface area contributed by atoms with E-state index in [0.29, 0.717) is 6.04 Å². The van der Waals surface area contributed by atoms with Gasteiger partial charge in [-0.3, -0.25) is 0 Å². The number of aromatic nitrogens is 2. The Morgan fingerprint density at radius 3 is 3.00 bits per heavy atom. The zero-order valence-corrected chi connectivity index (χ0v) is 13.3. The molecule has 106 valence electrons. The van der Waals surface area contributed by atoms with Crippen molar-refractivity contribution >= 4 is 34.7 Å². The minimum Gasteiger partial charge on any atom is -0.373 e. The molecular weight excluding hydrogens is 288 g/mol. The minimum atomic E-state index is 0.374. The summed E-state index contributed by atoms with van der Waals surface area (Å²) in [6, 6.07) is 4.59. The SMILES string of the molecule is CNc1cc(NC2CCCc3sccc32)nc(SC)n1. The van der Waals surface area contributed by atoms with Crippen LogP contribution in [-0.2, 0) is 6.42 Å². The standard InChI is InChI=1S/C14H18N4S2/c1-15-12-8-13(18-14(17-12)19-2)16-10-4-3-5-11-9(10)6-7-20-11/h6-8,10H,3-5H2,1-2H3,(H2,15,16,17,18). The average molecular weight is 306 g/mol. The Morgan fingerprint density at radius 2 is 2.20 bits per heavy atom. The van der Waals surface area contributed by atoms with Gasteiger partial charge in [-0.15, -0.1) is 11.3 Å². The van der Waals surface area contributed by atoms with Crippen molar-refractivity contribution in [1.29, 1.82) is 0 Å². The first kappa shape index (κ1) is 13.7. The molecule has 2 aromatic rings. The topological polar surface area (TPSA) is 49.8 Å². The number of anilines is 2. The monoisotopic (exact) mass is 306 g/mol. The third kappa shape index (κ3) is 2.76. The lowest BCUT2D eigenvalue weighted by Gasteiger charge is -2.24. The summed E-state index contributed by atoms with van der Waals surface area (Å²) in [6.07, 6.45) is 5.62. The van der Waals surface area contributed by atoms with E-state index in [1.165, 1.54) is 23.3 Å². The molecule has 0 bridgehead atoms. The van der Waals surface area contributed by atoms with Crippen LogP contribution in [0, 0.1) is 0 Å². The van der Waals surface area contributed by atoms with Crippen LogP contribution in [0.4, 0.5) is 11.6 Å². The summed E-state index contributed by atoms with van der Waals surface area (Å²) < 4.78 is 0. The van der Waals surface area contributed by atoms with Crippen molar-refractivity contribution in [3.8, 4) is 0 Å². The normalized spacial score (nSPS) is 17.6. The Bertz CT molecular complexity index is 574. The van der Waals surface area contributed by atoms with Crippen LogP contribution in [0.5, 0.6) is 0 Å². The number of nitrogens with one attached hydrogen (secondary N) is 2. The van der Waals surface area contributed by atoms with E-state index in [1.807, 2.05) is 30.7 Å². The van der Waals surface area contributed by atoms with Crippen LogP contribution in [0.1, 0.15) is 29.3 Å². The van der Waals surface area contributed by atoms with Crippen molar-refractivity contribution in [3.05, 3.63) is 28.0 Å². The van der Waals surface area contributed by atoms with Gasteiger partial charge in [-0.1, -0.05) is 11.8 Å². The number of hydrogen-bond donors (Lipinski definition) is 2. The molecule has 1 unspecified atom stereocenters. The smallest absolute Gasteiger partial charge is 0.191 e. The second-order valence-corrected chi connectivity index (χ2v) is 6.54. The van der Waals surface area contributed by atoms with Gasteiger partial charge in [-0.2, -0.15) is 0 Å². The van der Waals surface area contributed by atoms with Gasteiger partial charge in [0.15, 0.2) is 5.16 Å². The maximum absolute atomic E-state index is 4.56. The van der Waals surface area contributed by atoms with E-state index in [1.54, 1.807) is 11.8 Å². The lowest BCUT2D eigenvalue weighted by Crippen LogP contribution is -2.16. The number of fused-ring (bicyclic) bond motifs is 1. The van der Waals surface area contributed by atoms with Gasteiger partial charge in [0.25, 0.3) is 0 Å². The number of thiophene rings is 1. The summed E-state index contributed by atoms with van der Waals surface area (Å²) in [4.78, 5) is 10.5. The molecule has 0 saturated carbocycles. The quantitative estimate of drug-likeness (QED) is 0.665. The van der Waals surface area contributed by atoms with Gasteiger partial charge in [0.2, 0.25) is 0 Å². The Balaban J connectivity index is 1.85. The predicted molar refractivity (Wildman–Crippen MR) is 87.0 cm³/mol. The zero-order valence-electron chi connectivity index (χ0n) is 11.6. The number of rotatable bonds is 4. The number of thioether (sulfide) groups is 1. The maximum atomic E-state index is 4.56. The van der Waals surface area contributed by atoms with Gasteiger partial charge in [0.05, 0.1) is 6.04 Å². The van der Waals surface area contributed by atoms with Crippen LogP contribution in [0.15, 0.2) is 22.7 Å². The van der Waals surface area contributed by atoms with E-state index in [-0.39, 0.29) is 0 Å². The second kappa shape index (κ2) is 6.01. The van der Waals surface area contributed by atoms with Crippen LogP contribution in [0.25, 0.3) is 0 Å². The highest BCUT2D eigenvalue weighted by Crippen LogP contribution is 2.35. The summed E-state index contributed by atoms with van der Waals surface area (Å²) in [5, 5.41) is 9.65. The summed E-state index contributed by atoms with van der Waals surface area (Å²) in [6.45, 7) is 0. The minimum absolute atomic E-state index is 0.374. The van der Waals surface area contributed by atoms with E-state index in [9.17, 15) is 0 Å². The van der Waals surface area contributed by atoms with Crippen LogP contribution in [0.2, 0.25) is 0 Å². The molecule has 2 N–H and O–H groups in total. The van der Waals surface area contributed by atoms with Crippen molar-refractivity contribution in [2.45, 2.75) is 30.5 Å². The van der Waals surface area contributed by atoms with Crippen molar-refractivity contribution in [1.82, 2.24) is 9.97 Å². The molecule has 2 aromatic heterocycles. The molecule has 0 spiro atoms. The molecule has 1 atom stereocenters. The molecule has 1 aliphatic rings.